The van der Waals surface area contributed by atoms with Crippen molar-refractivity contribution in [1.29, 1.82) is 0 Å². The summed E-state index contributed by atoms with van der Waals surface area (Å²) in [6.45, 7) is 0. The molecule has 26 heavy (non-hydrogen) atoms. The first-order chi connectivity index (χ1) is 12.8. The lowest BCUT2D eigenvalue weighted by Crippen LogP contribution is -1.86. The molecule has 0 saturated heterocycles. The van der Waals surface area contributed by atoms with Crippen molar-refractivity contribution in [1.82, 2.24) is 10.2 Å². The molecular weight excluding hydrogens is 365 g/mol. The summed E-state index contributed by atoms with van der Waals surface area (Å²) in [4.78, 5) is 1.07. The van der Waals surface area contributed by atoms with Crippen LogP contribution < -0.4 is 4.72 Å². The summed E-state index contributed by atoms with van der Waals surface area (Å²) >= 11 is 2.78. The third-order valence-corrected chi connectivity index (χ3v) is 5.53. The van der Waals surface area contributed by atoms with E-state index in [0.717, 1.165) is 16.0 Å². The first-order valence-corrected chi connectivity index (χ1v) is 9.60. The predicted octanol–water partition coefficient (Wildman–Crippen LogP) is 6.13. The van der Waals surface area contributed by atoms with Crippen LogP contribution in [-0.4, -0.2) is 10.2 Å². The largest absolute Gasteiger partial charge is 0.300 e. The zero-order valence-corrected chi connectivity index (χ0v) is 15.2. The lowest BCUT2D eigenvalue weighted by Gasteiger charge is -2.04. The first kappa shape index (κ1) is 16.8. The van der Waals surface area contributed by atoms with Crippen molar-refractivity contribution in [2.24, 2.45) is 0 Å². The number of rotatable bonds is 5. The summed E-state index contributed by atoms with van der Waals surface area (Å²) < 4.78 is 17.5. The molecule has 0 aliphatic heterocycles. The number of nitrogens with one attached hydrogen (secondary N) is 1. The van der Waals surface area contributed by atoms with Gasteiger partial charge in [-0.25, -0.2) is 4.39 Å². The minimum atomic E-state index is -0.303. The van der Waals surface area contributed by atoms with Crippen molar-refractivity contribution in [2.45, 2.75) is 4.90 Å². The van der Waals surface area contributed by atoms with Gasteiger partial charge in [0, 0.05) is 10.5 Å². The summed E-state index contributed by atoms with van der Waals surface area (Å²) in [5.41, 5.74) is 2.45. The van der Waals surface area contributed by atoms with Gasteiger partial charge < -0.3 is 4.72 Å². The molecule has 1 heterocycles. The Bertz CT molecular complexity index is 1000. The van der Waals surface area contributed by atoms with Crippen molar-refractivity contribution in [3.8, 4) is 21.7 Å². The number of benzene rings is 3. The second kappa shape index (κ2) is 7.68. The molecule has 0 radical (unpaired) electrons. The minimum absolute atomic E-state index is 0.303. The lowest BCUT2D eigenvalue weighted by atomic mass is 10.0. The van der Waals surface area contributed by atoms with E-state index in [1.54, 1.807) is 6.07 Å². The van der Waals surface area contributed by atoms with Crippen LogP contribution in [0.3, 0.4) is 0 Å². The zero-order valence-electron chi connectivity index (χ0n) is 13.6. The molecule has 128 valence electrons. The van der Waals surface area contributed by atoms with Gasteiger partial charge in [-0.2, -0.15) is 0 Å². The minimum Gasteiger partial charge on any atom is -0.300 e. The molecule has 0 fully saturated rings. The molecule has 3 aromatic carbocycles. The van der Waals surface area contributed by atoms with Crippen LogP contribution >= 0.6 is 23.3 Å². The van der Waals surface area contributed by atoms with Crippen LogP contribution in [0.4, 0.5) is 9.52 Å². The highest BCUT2D eigenvalue weighted by Gasteiger charge is 2.13. The Kier molecular flexibility index (Phi) is 4.95. The van der Waals surface area contributed by atoms with Crippen molar-refractivity contribution in [3.63, 3.8) is 0 Å². The van der Waals surface area contributed by atoms with Crippen molar-refractivity contribution in [2.75, 3.05) is 4.72 Å². The van der Waals surface area contributed by atoms with Gasteiger partial charge in [0.05, 0.1) is 0 Å². The molecule has 0 amide bonds. The molecule has 0 aliphatic carbocycles. The van der Waals surface area contributed by atoms with Crippen LogP contribution in [-0.2, 0) is 0 Å². The standard InChI is InChI=1S/C20H14FN3S2/c21-18-12-11-15(14-7-3-1-4-8-14)13-17(18)19-22-23-20(25-19)24-26-16-9-5-2-6-10-16/h1-13H,(H,23,24). The Morgan fingerprint density at radius 2 is 1.54 bits per heavy atom. The molecule has 0 spiro atoms. The van der Waals surface area contributed by atoms with E-state index in [0.29, 0.717) is 15.7 Å². The molecule has 0 bridgehead atoms. The maximum atomic E-state index is 14.3. The Hall–Kier alpha value is -2.70. The van der Waals surface area contributed by atoms with Gasteiger partial charge in [-0.15, -0.1) is 10.2 Å². The highest BCUT2D eigenvalue weighted by atomic mass is 32.2. The van der Waals surface area contributed by atoms with Crippen LogP contribution in [0.15, 0.2) is 83.8 Å². The molecule has 0 atom stereocenters. The average Bonchev–Trinajstić information content (AvgIpc) is 3.17. The lowest BCUT2D eigenvalue weighted by molar-refractivity contribution is 0.631. The molecule has 1 N–H and O–H groups in total. The maximum Gasteiger partial charge on any atom is 0.216 e. The number of hydrogen-bond acceptors (Lipinski definition) is 5. The van der Waals surface area contributed by atoms with Gasteiger partial charge in [-0.05, 0) is 47.3 Å². The first-order valence-electron chi connectivity index (χ1n) is 7.96. The fourth-order valence-electron chi connectivity index (χ4n) is 2.46. The summed E-state index contributed by atoms with van der Waals surface area (Å²) in [6, 6.07) is 24.9. The highest BCUT2D eigenvalue weighted by molar-refractivity contribution is 8.00. The van der Waals surface area contributed by atoms with E-state index < -0.39 is 0 Å². The second-order valence-corrected chi connectivity index (χ2v) is 7.35. The van der Waals surface area contributed by atoms with Gasteiger partial charge in [0.2, 0.25) is 5.13 Å². The van der Waals surface area contributed by atoms with E-state index in [2.05, 4.69) is 14.9 Å². The van der Waals surface area contributed by atoms with Crippen molar-refractivity contribution >= 4 is 28.4 Å². The molecular formula is C20H14FN3S2. The fourth-order valence-corrected chi connectivity index (χ4v) is 3.91. The van der Waals surface area contributed by atoms with Gasteiger partial charge in [-0.1, -0.05) is 65.9 Å². The van der Waals surface area contributed by atoms with Crippen LogP contribution in [0.5, 0.6) is 0 Å². The molecule has 3 nitrogen and oxygen atoms in total. The number of halogens is 1. The maximum absolute atomic E-state index is 14.3. The number of hydrogen-bond donors (Lipinski definition) is 1. The monoisotopic (exact) mass is 379 g/mol. The van der Waals surface area contributed by atoms with Crippen molar-refractivity contribution < 1.29 is 4.39 Å². The Morgan fingerprint density at radius 3 is 2.31 bits per heavy atom. The van der Waals surface area contributed by atoms with Crippen LogP contribution in [0.2, 0.25) is 0 Å². The predicted molar refractivity (Wildman–Crippen MR) is 107 cm³/mol. The normalized spacial score (nSPS) is 10.7. The van der Waals surface area contributed by atoms with E-state index in [1.165, 1.54) is 29.4 Å². The third kappa shape index (κ3) is 3.76. The van der Waals surface area contributed by atoms with Gasteiger partial charge in [0.15, 0.2) is 5.01 Å². The van der Waals surface area contributed by atoms with E-state index >= 15 is 0 Å². The van der Waals surface area contributed by atoms with Gasteiger partial charge >= 0.3 is 0 Å². The highest BCUT2D eigenvalue weighted by Crippen LogP contribution is 2.33. The quantitative estimate of drug-likeness (QED) is 0.423. The topological polar surface area (TPSA) is 37.8 Å². The Morgan fingerprint density at radius 1 is 0.808 bits per heavy atom. The van der Waals surface area contributed by atoms with Crippen LogP contribution in [0.25, 0.3) is 21.7 Å². The summed E-state index contributed by atoms with van der Waals surface area (Å²) in [5, 5.41) is 9.46. The Labute approximate surface area is 159 Å². The van der Waals surface area contributed by atoms with E-state index in [4.69, 9.17) is 0 Å². The molecule has 0 saturated carbocycles. The van der Waals surface area contributed by atoms with Crippen LogP contribution in [0, 0.1) is 5.82 Å². The summed E-state index contributed by atoms with van der Waals surface area (Å²) in [7, 11) is 0. The van der Waals surface area contributed by atoms with Crippen LogP contribution in [0.1, 0.15) is 0 Å². The van der Waals surface area contributed by atoms with E-state index in [1.807, 2.05) is 66.7 Å². The SMILES string of the molecule is Fc1ccc(-c2ccccc2)cc1-c1nnc(NSc2ccccc2)s1. The molecule has 4 rings (SSSR count). The van der Waals surface area contributed by atoms with Gasteiger partial charge in [0.25, 0.3) is 0 Å². The number of nitrogens with zero attached hydrogens (tertiary/aromatic N) is 2. The third-order valence-electron chi connectivity index (χ3n) is 3.73. The summed E-state index contributed by atoms with van der Waals surface area (Å²) in [5.74, 6) is -0.303. The van der Waals surface area contributed by atoms with Crippen molar-refractivity contribution in [3.05, 3.63) is 84.7 Å². The zero-order chi connectivity index (χ0) is 17.8. The van der Waals surface area contributed by atoms with Gasteiger partial charge in [0.1, 0.15) is 5.82 Å². The van der Waals surface area contributed by atoms with E-state index in [-0.39, 0.29) is 5.82 Å². The molecule has 6 heteroatoms. The Balaban J connectivity index is 1.57. The molecule has 0 aliphatic rings. The average molecular weight is 379 g/mol. The molecule has 0 unspecified atom stereocenters. The number of anilines is 1. The molecule has 1 aromatic heterocycles. The van der Waals surface area contributed by atoms with Gasteiger partial charge in [-0.3, -0.25) is 0 Å². The smallest absolute Gasteiger partial charge is 0.216 e. The fraction of sp³-hybridized carbons (Fsp3) is 0. The second-order valence-electron chi connectivity index (χ2n) is 5.49. The number of aromatic nitrogens is 2. The summed E-state index contributed by atoms with van der Waals surface area (Å²) in [6.07, 6.45) is 0. The molecule has 4 aromatic rings. The van der Waals surface area contributed by atoms with E-state index in [9.17, 15) is 4.39 Å².